The maximum atomic E-state index is 11.8. The normalized spacial score (nSPS) is 12.6. The summed E-state index contributed by atoms with van der Waals surface area (Å²) in [6.45, 7) is 0. The summed E-state index contributed by atoms with van der Waals surface area (Å²) in [7, 11) is -3.83. The van der Waals surface area contributed by atoms with Gasteiger partial charge in [0.1, 0.15) is 5.49 Å². The minimum Gasteiger partial charge on any atom is -0.805 e. The second kappa shape index (κ2) is 4.42. The fourth-order valence-electron chi connectivity index (χ4n) is 1.26. The van der Waals surface area contributed by atoms with Gasteiger partial charge in [-0.2, -0.15) is 8.42 Å². The minimum absolute atomic E-state index is 0.0591. The van der Waals surface area contributed by atoms with Crippen LogP contribution in [0, 0.1) is 5.21 Å². The predicted molar refractivity (Wildman–Crippen MR) is 62.4 cm³/mol. The molecule has 2 aromatic rings. The number of sulfonamides is 1. The number of pyridine rings is 1. The van der Waals surface area contributed by atoms with Crippen LogP contribution in [0.5, 0.6) is 0 Å². The first-order chi connectivity index (χ1) is 8.09. The fourth-order valence-corrected chi connectivity index (χ4v) is 2.25. The molecule has 1 aromatic carbocycles. The molecule has 0 fully saturated rings. The van der Waals surface area contributed by atoms with Crippen molar-refractivity contribution in [3.63, 3.8) is 0 Å². The Labute approximate surface area is 98.3 Å². The van der Waals surface area contributed by atoms with Crippen molar-refractivity contribution in [1.29, 1.82) is 0 Å². The van der Waals surface area contributed by atoms with E-state index in [1.54, 1.807) is 24.3 Å². The lowest BCUT2D eigenvalue weighted by atomic mass is 10.4. The highest BCUT2D eigenvalue weighted by atomic mass is 32.2. The van der Waals surface area contributed by atoms with Gasteiger partial charge in [-0.25, -0.2) is 0 Å². The molecule has 5 nitrogen and oxygen atoms in total. The van der Waals surface area contributed by atoms with Gasteiger partial charge in [0.15, 0.2) is 0 Å². The Bertz CT molecular complexity index is 675. The third-order valence-electron chi connectivity index (χ3n) is 2.06. The summed E-state index contributed by atoms with van der Waals surface area (Å²) in [5, 5.41) is 11.3. The van der Waals surface area contributed by atoms with Gasteiger partial charge in [0.05, 0.1) is 4.90 Å². The topological polar surface area (TPSA) is 74.5 Å². The molecule has 0 aliphatic heterocycles. The number of hydrogen-bond donors (Lipinski definition) is 0. The summed E-state index contributed by atoms with van der Waals surface area (Å²) in [5.74, 6) is 0. The van der Waals surface area contributed by atoms with Crippen molar-refractivity contribution in [2.75, 3.05) is 0 Å². The van der Waals surface area contributed by atoms with Crippen LogP contribution in [0.3, 0.4) is 0 Å². The molecule has 2 rings (SSSR count). The Morgan fingerprint density at radius 1 is 1.00 bits per heavy atom. The van der Waals surface area contributed by atoms with Crippen LogP contribution in [0.25, 0.3) is 0 Å². The maximum absolute atomic E-state index is 11.8. The van der Waals surface area contributed by atoms with Crippen molar-refractivity contribution in [3.05, 3.63) is 65.4 Å². The van der Waals surface area contributed by atoms with E-state index in [0.717, 1.165) is 0 Å². The average Bonchev–Trinajstić information content (AvgIpc) is 2.33. The molecule has 0 aliphatic rings. The molecule has 1 heterocycles. The Balaban J connectivity index is 2.57. The minimum atomic E-state index is -3.83. The fraction of sp³-hybridized carbons (Fsp3) is 0. The first-order valence-electron chi connectivity index (χ1n) is 4.81. The first kappa shape index (κ1) is 11.4. The van der Waals surface area contributed by atoms with E-state index < -0.39 is 10.0 Å². The highest BCUT2D eigenvalue weighted by Crippen LogP contribution is 2.09. The van der Waals surface area contributed by atoms with Gasteiger partial charge in [-0.15, -0.1) is 4.40 Å². The van der Waals surface area contributed by atoms with Gasteiger partial charge in [0, 0.05) is 0 Å². The molecule has 0 atom stereocenters. The van der Waals surface area contributed by atoms with Gasteiger partial charge in [-0.1, -0.05) is 24.3 Å². The lowest BCUT2D eigenvalue weighted by molar-refractivity contribution is 0.596. The van der Waals surface area contributed by atoms with Crippen molar-refractivity contribution in [3.8, 4) is 0 Å². The average molecular weight is 249 g/mol. The Hall–Kier alpha value is -2.08. The molecule has 0 radical (unpaired) electrons. The van der Waals surface area contributed by atoms with E-state index in [1.165, 1.54) is 30.5 Å². The number of hydrogen-bond acceptors (Lipinski definition) is 3. The van der Waals surface area contributed by atoms with E-state index in [4.69, 9.17) is 0 Å². The maximum Gasteiger partial charge on any atom is 0.284 e. The molecular weight excluding hydrogens is 240 g/mol. The summed E-state index contributed by atoms with van der Waals surface area (Å²) < 4.78 is 27.6. The first-order valence-corrected chi connectivity index (χ1v) is 6.25. The Morgan fingerprint density at radius 2 is 1.65 bits per heavy atom. The van der Waals surface area contributed by atoms with Crippen molar-refractivity contribution in [2.24, 2.45) is 4.40 Å². The van der Waals surface area contributed by atoms with Gasteiger partial charge >= 0.3 is 0 Å². The zero-order valence-electron chi connectivity index (χ0n) is 8.72. The lowest BCUT2D eigenvalue weighted by Crippen LogP contribution is -2.17. The molecule has 0 aliphatic carbocycles. The highest BCUT2D eigenvalue weighted by molar-refractivity contribution is 7.90. The van der Waals surface area contributed by atoms with Crippen molar-refractivity contribution >= 4 is 10.0 Å². The zero-order valence-corrected chi connectivity index (χ0v) is 9.54. The monoisotopic (exact) mass is 249 g/mol. The van der Waals surface area contributed by atoms with Gasteiger partial charge in [0.25, 0.3) is 10.0 Å². The molecular formula is C11H9N2O3S-. The summed E-state index contributed by atoms with van der Waals surface area (Å²) in [6, 6.07) is 12.1. The van der Waals surface area contributed by atoms with Crippen LogP contribution in [0.1, 0.15) is 0 Å². The van der Waals surface area contributed by atoms with Crippen LogP contribution < -0.4 is 5.49 Å². The standard InChI is InChI=1S/C11H9N2O3S/c14-13-9-5-4-8-11(13)12-17(15,16)10-6-2-1-3-7-10/h1-9H/q-1/b12-11-. The predicted octanol–water partition coefficient (Wildman–Crippen LogP) is 1.12. The summed E-state index contributed by atoms with van der Waals surface area (Å²) in [4.78, 5) is 0.0591. The molecule has 6 heteroatoms. The third-order valence-corrected chi connectivity index (χ3v) is 3.35. The van der Waals surface area contributed by atoms with Gasteiger partial charge in [-0.05, 0) is 30.5 Å². The van der Waals surface area contributed by atoms with Crippen LogP contribution in [-0.4, -0.2) is 13.1 Å². The summed E-state index contributed by atoms with van der Waals surface area (Å²) in [6.07, 6.45) is 1.19. The lowest BCUT2D eigenvalue weighted by Gasteiger charge is -2.09. The molecule has 0 unspecified atom stereocenters. The van der Waals surface area contributed by atoms with E-state index in [1.807, 2.05) is 0 Å². The van der Waals surface area contributed by atoms with E-state index in [-0.39, 0.29) is 10.4 Å². The molecule has 0 saturated heterocycles. The molecule has 0 N–H and O–H groups in total. The van der Waals surface area contributed by atoms with E-state index in [2.05, 4.69) is 4.40 Å². The van der Waals surface area contributed by atoms with Gasteiger partial charge < -0.3 is 9.94 Å². The second-order valence-electron chi connectivity index (χ2n) is 3.26. The molecule has 0 bridgehead atoms. The summed E-state index contributed by atoms with van der Waals surface area (Å²) >= 11 is 0. The van der Waals surface area contributed by atoms with Crippen LogP contribution >= 0.6 is 0 Å². The number of nitrogens with zero attached hydrogens (tertiary/aromatic N) is 2. The second-order valence-corrected chi connectivity index (χ2v) is 4.87. The molecule has 0 amide bonds. The van der Waals surface area contributed by atoms with E-state index >= 15 is 0 Å². The number of rotatable bonds is 2. The van der Waals surface area contributed by atoms with E-state index in [0.29, 0.717) is 4.73 Å². The van der Waals surface area contributed by atoms with Crippen LogP contribution in [0.2, 0.25) is 0 Å². The SMILES string of the molecule is O=S(=O)(/N=c1/ccccn1[O-])c1ccccc1. The molecule has 17 heavy (non-hydrogen) atoms. The van der Waals surface area contributed by atoms with E-state index in [9.17, 15) is 13.6 Å². The van der Waals surface area contributed by atoms with Crippen LogP contribution in [0.15, 0.2) is 64.0 Å². The number of benzene rings is 1. The Morgan fingerprint density at radius 3 is 2.29 bits per heavy atom. The number of aromatic nitrogens is 1. The molecule has 88 valence electrons. The summed E-state index contributed by atoms with van der Waals surface area (Å²) in [5.41, 5.74) is -0.156. The van der Waals surface area contributed by atoms with Crippen LogP contribution in [-0.2, 0) is 10.0 Å². The molecule has 0 saturated carbocycles. The van der Waals surface area contributed by atoms with Crippen molar-refractivity contribution in [1.82, 2.24) is 4.73 Å². The quantitative estimate of drug-likeness (QED) is 0.800. The smallest absolute Gasteiger partial charge is 0.284 e. The largest absolute Gasteiger partial charge is 0.805 e. The Kier molecular flexibility index (Phi) is 2.97. The molecule has 1 aromatic heterocycles. The van der Waals surface area contributed by atoms with Gasteiger partial charge in [-0.3, -0.25) is 0 Å². The zero-order chi connectivity index (χ0) is 12.3. The van der Waals surface area contributed by atoms with Crippen molar-refractivity contribution in [2.45, 2.75) is 4.90 Å². The van der Waals surface area contributed by atoms with Crippen molar-refractivity contribution < 1.29 is 8.42 Å². The third kappa shape index (κ3) is 2.54. The highest BCUT2D eigenvalue weighted by Gasteiger charge is 2.10. The molecule has 0 spiro atoms. The van der Waals surface area contributed by atoms with Crippen LogP contribution in [0.4, 0.5) is 0 Å². The van der Waals surface area contributed by atoms with Gasteiger partial charge in [0.2, 0.25) is 0 Å².